The molecule has 1 aromatic carbocycles. The van der Waals surface area contributed by atoms with E-state index in [9.17, 15) is 21.6 Å². The second-order valence-corrected chi connectivity index (χ2v) is 7.15. The van der Waals surface area contributed by atoms with Crippen molar-refractivity contribution in [1.29, 1.82) is 0 Å². The highest BCUT2D eigenvalue weighted by Gasteiger charge is 2.35. The molecule has 0 heterocycles. The van der Waals surface area contributed by atoms with Crippen molar-refractivity contribution >= 4 is 9.84 Å². The fourth-order valence-corrected chi connectivity index (χ4v) is 3.75. The lowest BCUT2D eigenvalue weighted by Gasteiger charge is -2.22. The summed E-state index contributed by atoms with van der Waals surface area (Å²) in [5.41, 5.74) is -2.36. The number of alkyl halides is 3. The Morgan fingerprint density at radius 2 is 1.70 bits per heavy atom. The Morgan fingerprint density at radius 1 is 1.05 bits per heavy atom. The third kappa shape index (κ3) is 3.16. The van der Waals surface area contributed by atoms with Crippen molar-refractivity contribution in [2.24, 2.45) is 0 Å². The van der Waals surface area contributed by atoms with Gasteiger partial charge in [-0.3, -0.25) is 0 Å². The summed E-state index contributed by atoms with van der Waals surface area (Å²) in [6, 6.07) is 5.80. The molecular formula is C14H17F3O2S. The number of rotatable bonds is 4. The van der Waals surface area contributed by atoms with Gasteiger partial charge in [-0.1, -0.05) is 31.4 Å². The molecule has 0 aliphatic heterocycles. The quantitative estimate of drug-likeness (QED) is 0.840. The Labute approximate surface area is 116 Å². The summed E-state index contributed by atoms with van der Waals surface area (Å²) in [5.74, 6) is 0.239. The number of sulfone groups is 1. The van der Waals surface area contributed by atoms with E-state index in [-0.39, 0.29) is 10.8 Å². The van der Waals surface area contributed by atoms with Gasteiger partial charge < -0.3 is 0 Å². The Kier molecular flexibility index (Phi) is 4.73. The third-order valence-corrected chi connectivity index (χ3v) is 5.47. The van der Waals surface area contributed by atoms with Gasteiger partial charge in [0.05, 0.1) is 4.90 Å². The van der Waals surface area contributed by atoms with Crippen molar-refractivity contribution in [3.8, 4) is 0 Å². The van der Waals surface area contributed by atoms with Crippen molar-refractivity contribution in [2.45, 2.75) is 54.8 Å². The zero-order valence-corrected chi connectivity index (χ0v) is 11.8. The lowest BCUT2D eigenvalue weighted by atomic mass is 9.84. The molecule has 1 atom stereocenters. The first-order valence-corrected chi connectivity index (χ1v) is 8.23. The summed E-state index contributed by atoms with van der Waals surface area (Å²) in [4.78, 5) is -0.353. The van der Waals surface area contributed by atoms with Crippen LogP contribution < -0.4 is 0 Å². The van der Waals surface area contributed by atoms with E-state index in [2.05, 4.69) is 0 Å². The smallest absolute Gasteiger partial charge is 0.223 e. The number of halogens is 3. The molecule has 0 bridgehead atoms. The summed E-state index contributed by atoms with van der Waals surface area (Å²) in [7, 11) is -4.62. The number of benzene rings is 1. The lowest BCUT2D eigenvalue weighted by molar-refractivity contribution is 0.0902. The van der Waals surface area contributed by atoms with Gasteiger partial charge in [-0.05, 0) is 36.5 Å². The first kappa shape index (κ1) is 15.4. The maximum absolute atomic E-state index is 13.2. The molecule has 0 aromatic heterocycles. The molecule has 1 aliphatic rings. The van der Waals surface area contributed by atoms with Gasteiger partial charge in [-0.2, -0.15) is 0 Å². The van der Waals surface area contributed by atoms with Gasteiger partial charge in [0, 0.05) is 0 Å². The van der Waals surface area contributed by atoms with Crippen molar-refractivity contribution in [2.75, 3.05) is 0 Å². The van der Waals surface area contributed by atoms with E-state index >= 15 is 0 Å². The van der Waals surface area contributed by atoms with E-state index < -0.39 is 21.8 Å². The van der Waals surface area contributed by atoms with Crippen LogP contribution >= 0.6 is 0 Å². The molecule has 0 radical (unpaired) electrons. The fraction of sp³-hybridized carbons (Fsp3) is 0.571. The van der Waals surface area contributed by atoms with Crippen LogP contribution in [0.4, 0.5) is 13.2 Å². The van der Waals surface area contributed by atoms with Gasteiger partial charge in [0.15, 0.2) is 0 Å². The van der Waals surface area contributed by atoms with Gasteiger partial charge in [0.2, 0.25) is 9.84 Å². The first-order chi connectivity index (χ1) is 9.43. The first-order valence-electron chi connectivity index (χ1n) is 6.69. The van der Waals surface area contributed by atoms with Crippen LogP contribution in [0.1, 0.15) is 43.6 Å². The zero-order valence-electron chi connectivity index (χ0n) is 10.9. The highest BCUT2D eigenvalue weighted by atomic mass is 32.2. The molecule has 0 amide bonds. The van der Waals surface area contributed by atoms with E-state index in [1.807, 2.05) is 0 Å². The Bertz CT molecular complexity index is 551. The predicted octanol–water partition coefficient (Wildman–Crippen LogP) is 4.07. The van der Waals surface area contributed by atoms with Crippen molar-refractivity contribution in [1.82, 2.24) is 0 Å². The second kappa shape index (κ2) is 6.16. The highest BCUT2D eigenvalue weighted by molar-refractivity contribution is 7.92. The van der Waals surface area contributed by atoms with E-state index in [1.54, 1.807) is 6.07 Å². The maximum atomic E-state index is 13.2. The Hall–Kier alpha value is -1.04. The van der Waals surface area contributed by atoms with Crippen LogP contribution in [0, 0.1) is 0 Å². The molecule has 1 unspecified atom stereocenters. The van der Waals surface area contributed by atoms with Crippen molar-refractivity contribution < 1.29 is 21.6 Å². The largest absolute Gasteiger partial charge is 0.284 e. The Morgan fingerprint density at radius 3 is 2.30 bits per heavy atom. The molecular weight excluding hydrogens is 289 g/mol. The summed E-state index contributed by atoms with van der Waals surface area (Å²) in [6.07, 6.45) is 1.69. The summed E-state index contributed by atoms with van der Waals surface area (Å²) < 4.78 is 61.4. The van der Waals surface area contributed by atoms with Crippen LogP contribution in [0.2, 0.25) is 0 Å². The van der Waals surface area contributed by atoms with Crippen molar-refractivity contribution in [3.05, 3.63) is 29.8 Å². The molecule has 2 nitrogen and oxygen atoms in total. The highest BCUT2D eigenvalue weighted by Crippen LogP contribution is 2.34. The van der Waals surface area contributed by atoms with Crippen LogP contribution in [0.3, 0.4) is 0 Å². The molecule has 20 heavy (non-hydrogen) atoms. The molecule has 1 aromatic rings. The topological polar surface area (TPSA) is 34.1 Å². The summed E-state index contributed by atoms with van der Waals surface area (Å²) in [5, 5.41) is 0. The standard InChI is InChI=1S/C14H17F3O2S/c15-13(16)14(17)20(18,19)12-8-4-7-11(9-12)10-5-2-1-3-6-10/h4,7-10,13-14H,1-3,5-6H2. The average Bonchev–Trinajstić information content (AvgIpc) is 2.47. The second-order valence-electron chi connectivity index (χ2n) is 5.14. The third-order valence-electron chi connectivity index (χ3n) is 3.76. The molecule has 0 saturated heterocycles. The minimum atomic E-state index is -4.62. The molecule has 2 rings (SSSR count). The predicted molar refractivity (Wildman–Crippen MR) is 70.4 cm³/mol. The van der Waals surface area contributed by atoms with Gasteiger partial charge >= 0.3 is 0 Å². The summed E-state index contributed by atoms with van der Waals surface area (Å²) >= 11 is 0. The normalized spacial score (nSPS) is 19.2. The molecule has 1 aliphatic carbocycles. The van der Waals surface area contributed by atoms with Crippen molar-refractivity contribution in [3.63, 3.8) is 0 Å². The van der Waals surface area contributed by atoms with E-state index in [0.29, 0.717) is 0 Å². The maximum Gasteiger partial charge on any atom is 0.284 e. The molecule has 1 fully saturated rings. The molecule has 0 spiro atoms. The minimum Gasteiger partial charge on any atom is -0.223 e. The van der Waals surface area contributed by atoms with Gasteiger partial charge in [-0.25, -0.2) is 21.6 Å². The summed E-state index contributed by atoms with van der Waals surface area (Å²) in [6.45, 7) is 0. The van der Waals surface area contributed by atoms with Crippen LogP contribution in [0.5, 0.6) is 0 Å². The Balaban J connectivity index is 2.29. The monoisotopic (exact) mass is 306 g/mol. The van der Waals surface area contributed by atoms with Gasteiger partial charge in [0.25, 0.3) is 11.9 Å². The minimum absolute atomic E-state index is 0.239. The molecule has 6 heteroatoms. The SMILES string of the molecule is O=S(=O)(c1cccc(C2CCCCC2)c1)C(F)C(F)F. The van der Waals surface area contributed by atoms with Crippen LogP contribution in [0.25, 0.3) is 0 Å². The van der Waals surface area contributed by atoms with Crippen LogP contribution in [-0.4, -0.2) is 20.3 Å². The van der Waals surface area contributed by atoms with Crippen LogP contribution in [0.15, 0.2) is 29.2 Å². The van der Waals surface area contributed by atoms with Gasteiger partial charge in [-0.15, -0.1) is 0 Å². The fourth-order valence-electron chi connectivity index (χ4n) is 2.65. The van der Waals surface area contributed by atoms with E-state index in [1.165, 1.54) is 18.2 Å². The van der Waals surface area contributed by atoms with E-state index in [0.717, 1.165) is 37.7 Å². The number of hydrogen-bond donors (Lipinski definition) is 0. The molecule has 112 valence electrons. The molecule has 1 saturated carbocycles. The zero-order chi connectivity index (χ0) is 14.8. The average molecular weight is 306 g/mol. The van der Waals surface area contributed by atoms with Gasteiger partial charge in [0.1, 0.15) is 0 Å². The van der Waals surface area contributed by atoms with Crippen LogP contribution in [-0.2, 0) is 9.84 Å². The number of hydrogen-bond acceptors (Lipinski definition) is 2. The lowest BCUT2D eigenvalue weighted by Crippen LogP contribution is -2.24. The molecule has 0 N–H and O–H groups in total. The van der Waals surface area contributed by atoms with E-state index in [4.69, 9.17) is 0 Å².